The molecule has 186 valence electrons. The summed E-state index contributed by atoms with van der Waals surface area (Å²) >= 11 is 0. The van der Waals surface area contributed by atoms with Crippen molar-refractivity contribution in [2.24, 2.45) is 10.9 Å². The first-order valence-corrected chi connectivity index (χ1v) is 12.5. The van der Waals surface area contributed by atoms with Crippen molar-refractivity contribution in [2.45, 2.75) is 52.1 Å². The summed E-state index contributed by atoms with van der Waals surface area (Å²) in [6, 6.07) is 15.7. The topological polar surface area (TPSA) is 55.8 Å². The SMILES string of the molecule is CN=C(NCC1CCN(Cc2ccc(C)cc2)CC1)NC1CCN(c2cccc(C)n2)CC1.I. The van der Waals surface area contributed by atoms with Gasteiger partial charge < -0.3 is 15.5 Å². The van der Waals surface area contributed by atoms with Crippen molar-refractivity contribution in [1.82, 2.24) is 20.5 Å². The number of hydrogen-bond donors (Lipinski definition) is 2. The summed E-state index contributed by atoms with van der Waals surface area (Å²) in [7, 11) is 1.88. The maximum absolute atomic E-state index is 4.68. The number of nitrogens with one attached hydrogen (secondary N) is 2. The Hall–Kier alpha value is -1.87. The Morgan fingerprint density at radius 3 is 2.32 bits per heavy atom. The molecule has 3 heterocycles. The van der Waals surface area contributed by atoms with E-state index in [1.165, 1.54) is 37.1 Å². The number of benzene rings is 1. The van der Waals surface area contributed by atoms with E-state index in [9.17, 15) is 0 Å². The van der Waals surface area contributed by atoms with Crippen molar-refractivity contribution in [1.29, 1.82) is 0 Å². The molecule has 2 aliphatic heterocycles. The highest BCUT2D eigenvalue weighted by atomic mass is 127. The number of piperidine rings is 2. The molecule has 0 amide bonds. The van der Waals surface area contributed by atoms with Gasteiger partial charge in [0.15, 0.2) is 5.96 Å². The van der Waals surface area contributed by atoms with Crippen LogP contribution in [0.1, 0.15) is 42.5 Å². The molecule has 0 unspecified atom stereocenters. The van der Waals surface area contributed by atoms with Crippen LogP contribution in [-0.2, 0) is 6.54 Å². The van der Waals surface area contributed by atoms with Crippen LogP contribution in [0.5, 0.6) is 0 Å². The molecule has 6 nitrogen and oxygen atoms in total. The predicted molar refractivity (Wildman–Crippen MR) is 153 cm³/mol. The van der Waals surface area contributed by atoms with Crippen molar-refractivity contribution < 1.29 is 0 Å². The largest absolute Gasteiger partial charge is 0.356 e. The van der Waals surface area contributed by atoms with Gasteiger partial charge in [-0.25, -0.2) is 4.98 Å². The van der Waals surface area contributed by atoms with Gasteiger partial charge in [0.2, 0.25) is 0 Å². The highest BCUT2D eigenvalue weighted by molar-refractivity contribution is 14.0. The number of aryl methyl sites for hydroxylation is 2. The smallest absolute Gasteiger partial charge is 0.191 e. The first-order valence-electron chi connectivity index (χ1n) is 12.5. The number of halogens is 1. The molecule has 0 bridgehead atoms. The zero-order valence-corrected chi connectivity index (χ0v) is 23.3. The maximum atomic E-state index is 4.68. The van der Waals surface area contributed by atoms with E-state index < -0.39 is 0 Å². The lowest BCUT2D eigenvalue weighted by Gasteiger charge is -2.35. The summed E-state index contributed by atoms with van der Waals surface area (Å²) in [6.07, 6.45) is 4.71. The Balaban J connectivity index is 0.00000324. The highest BCUT2D eigenvalue weighted by Crippen LogP contribution is 2.20. The lowest BCUT2D eigenvalue weighted by Crippen LogP contribution is -2.50. The minimum absolute atomic E-state index is 0. The van der Waals surface area contributed by atoms with E-state index in [0.717, 1.165) is 56.5 Å². The van der Waals surface area contributed by atoms with Gasteiger partial charge in [-0.05, 0) is 76.2 Å². The molecule has 2 aliphatic rings. The molecule has 0 saturated carbocycles. The van der Waals surface area contributed by atoms with E-state index in [2.05, 4.69) is 86.7 Å². The zero-order chi connectivity index (χ0) is 23.0. The molecule has 2 aromatic rings. The number of rotatable bonds is 6. The van der Waals surface area contributed by atoms with Gasteiger partial charge in [0.1, 0.15) is 5.82 Å². The molecule has 7 heteroatoms. The third-order valence-corrected chi connectivity index (χ3v) is 7.05. The third kappa shape index (κ3) is 7.83. The Kier molecular flexibility index (Phi) is 10.4. The second-order valence-electron chi connectivity index (χ2n) is 9.70. The van der Waals surface area contributed by atoms with Gasteiger partial charge in [-0.2, -0.15) is 0 Å². The minimum atomic E-state index is 0. The van der Waals surface area contributed by atoms with E-state index in [1.807, 2.05) is 7.05 Å². The van der Waals surface area contributed by atoms with Crippen molar-refractivity contribution >= 4 is 35.8 Å². The van der Waals surface area contributed by atoms with Crippen molar-refractivity contribution in [3.05, 3.63) is 59.3 Å². The van der Waals surface area contributed by atoms with Gasteiger partial charge >= 0.3 is 0 Å². The van der Waals surface area contributed by atoms with Crippen molar-refractivity contribution in [2.75, 3.05) is 44.7 Å². The Morgan fingerprint density at radius 2 is 1.68 bits per heavy atom. The van der Waals surface area contributed by atoms with Crippen LogP contribution in [0.3, 0.4) is 0 Å². The Morgan fingerprint density at radius 1 is 0.971 bits per heavy atom. The molecule has 1 aromatic carbocycles. The summed E-state index contributed by atoms with van der Waals surface area (Å²) in [5.41, 5.74) is 3.84. The lowest BCUT2D eigenvalue weighted by atomic mass is 9.96. The number of pyridine rings is 1. The fourth-order valence-corrected chi connectivity index (χ4v) is 4.89. The number of anilines is 1. The number of likely N-dealkylation sites (tertiary alicyclic amines) is 1. The molecule has 2 N–H and O–H groups in total. The molecule has 2 saturated heterocycles. The van der Waals surface area contributed by atoms with E-state index in [1.54, 1.807) is 0 Å². The molecule has 0 aliphatic carbocycles. The summed E-state index contributed by atoms with van der Waals surface area (Å²) in [5, 5.41) is 7.26. The van der Waals surface area contributed by atoms with E-state index in [0.29, 0.717) is 12.0 Å². The van der Waals surface area contributed by atoms with Crippen molar-refractivity contribution in [3.8, 4) is 0 Å². The molecule has 2 fully saturated rings. The van der Waals surface area contributed by atoms with Crippen LogP contribution < -0.4 is 15.5 Å². The van der Waals surface area contributed by atoms with E-state index >= 15 is 0 Å². The number of guanidine groups is 1. The summed E-state index contributed by atoms with van der Waals surface area (Å²) in [4.78, 5) is 14.2. The maximum Gasteiger partial charge on any atom is 0.191 e. The molecular formula is C27H41IN6. The average molecular weight is 577 g/mol. The van der Waals surface area contributed by atoms with Gasteiger partial charge in [0.25, 0.3) is 0 Å². The van der Waals surface area contributed by atoms with Gasteiger partial charge in [-0.3, -0.25) is 9.89 Å². The number of hydrogen-bond acceptors (Lipinski definition) is 4. The summed E-state index contributed by atoms with van der Waals surface area (Å²) in [6.45, 7) is 10.7. The van der Waals surface area contributed by atoms with Gasteiger partial charge in [-0.1, -0.05) is 35.9 Å². The quantitative estimate of drug-likeness (QED) is 0.304. The molecule has 4 rings (SSSR count). The molecule has 34 heavy (non-hydrogen) atoms. The first kappa shape index (κ1) is 26.7. The van der Waals surface area contributed by atoms with E-state index in [-0.39, 0.29) is 24.0 Å². The molecule has 1 aromatic heterocycles. The zero-order valence-electron chi connectivity index (χ0n) is 21.0. The van der Waals surface area contributed by atoms with Gasteiger partial charge in [0.05, 0.1) is 0 Å². The summed E-state index contributed by atoms with van der Waals surface area (Å²) < 4.78 is 0. The van der Waals surface area contributed by atoms with Crippen LogP contribution in [-0.4, -0.2) is 61.7 Å². The van der Waals surface area contributed by atoms with Gasteiger partial charge in [0, 0.05) is 45.0 Å². The standard InChI is InChI=1S/C27H40N6.HI/c1-21-7-9-24(10-8-21)20-32-15-11-23(12-16-32)19-29-27(28-3)31-25-13-17-33(18-14-25)26-6-4-5-22(2)30-26;/h4-10,23,25H,11-20H2,1-3H3,(H2,28,29,31);1H. The number of nitrogens with zero attached hydrogens (tertiary/aromatic N) is 4. The Labute approximate surface area is 222 Å². The van der Waals surface area contributed by atoms with Crippen LogP contribution >= 0.6 is 24.0 Å². The van der Waals surface area contributed by atoms with E-state index in [4.69, 9.17) is 0 Å². The first-order chi connectivity index (χ1) is 16.1. The third-order valence-electron chi connectivity index (χ3n) is 7.05. The molecular weight excluding hydrogens is 535 g/mol. The van der Waals surface area contributed by atoms with Crippen LogP contribution in [0, 0.1) is 19.8 Å². The second-order valence-corrected chi connectivity index (χ2v) is 9.70. The Bertz CT molecular complexity index is 900. The fraction of sp³-hybridized carbons (Fsp3) is 0.556. The van der Waals surface area contributed by atoms with Crippen LogP contribution in [0.2, 0.25) is 0 Å². The minimum Gasteiger partial charge on any atom is -0.356 e. The predicted octanol–water partition coefficient (Wildman–Crippen LogP) is 4.36. The summed E-state index contributed by atoms with van der Waals surface area (Å²) in [5.74, 6) is 2.76. The second kappa shape index (κ2) is 13.3. The van der Waals surface area contributed by atoms with Crippen LogP contribution in [0.25, 0.3) is 0 Å². The molecule has 0 atom stereocenters. The van der Waals surface area contributed by atoms with Gasteiger partial charge in [-0.15, -0.1) is 24.0 Å². The fourth-order valence-electron chi connectivity index (χ4n) is 4.89. The van der Waals surface area contributed by atoms with Crippen molar-refractivity contribution in [3.63, 3.8) is 0 Å². The molecule has 0 spiro atoms. The number of aromatic nitrogens is 1. The van der Waals surface area contributed by atoms with Crippen LogP contribution in [0.4, 0.5) is 5.82 Å². The monoisotopic (exact) mass is 576 g/mol. The number of aliphatic imine (C=N–C) groups is 1. The normalized spacial score (nSPS) is 18.4. The van der Waals surface area contributed by atoms with Crippen LogP contribution in [0.15, 0.2) is 47.5 Å². The lowest BCUT2D eigenvalue weighted by molar-refractivity contribution is 0.178. The molecule has 0 radical (unpaired) electrons. The highest BCUT2D eigenvalue weighted by Gasteiger charge is 2.22. The average Bonchev–Trinajstić information content (AvgIpc) is 2.84.